The van der Waals surface area contributed by atoms with E-state index in [2.05, 4.69) is 36.7 Å². The van der Waals surface area contributed by atoms with Crippen molar-refractivity contribution in [2.45, 2.75) is 64.8 Å². The number of halogens is 1. The highest BCUT2D eigenvalue weighted by atomic mass is 19.1. The molecule has 2 fully saturated rings. The first-order valence-electron chi connectivity index (χ1n) is 16.8. The second-order valence-corrected chi connectivity index (χ2v) is 12.9. The van der Waals surface area contributed by atoms with E-state index in [4.69, 9.17) is 14.2 Å². The summed E-state index contributed by atoms with van der Waals surface area (Å²) in [7, 11) is 2.15. The number of benzene rings is 1. The number of pyridine rings is 1. The highest BCUT2D eigenvalue weighted by Crippen LogP contribution is 2.35. The zero-order chi connectivity index (χ0) is 32.9. The van der Waals surface area contributed by atoms with Gasteiger partial charge in [0.15, 0.2) is 11.6 Å². The number of ether oxygens (including phenoxy) is 3. The number of anilines is 1. The van der Waals surface area contributed by atoms with Crippen LogP contribution in [0.4, 0.5) is 10.2 Å². The van der Waals surface area contributed by atoms with E-state index >= 15 is 0 Å². The maximum absolute atomic E-state index is 14.3. The second kappa shape index (κ2) is 14.9. The smallest absolute Gasteiger partial charge is 0.257 e. The van der Waals surface area contributed by atoms with Gasteiger partial charge in [0, 0.05) is 95.1 Å². The minimum atomic E-state index is -0.499. The molecule has 12 heteroatoms. The molecule has 0 N–H and O–H groups in total. The van der Waals surface area contributed by atoms with Crippen LogP contribution in [-0.4, -0.2) is 113 Å². The predicted octanol–water partition coefficient (Wildman–Crippen LogP) is 4.41. The van der Waals surface area contributed by atoms with Gasteiger partial charge in [0.2, 0.25) is 0 Å². The lowest BCUT2D eigenvalue weighted by Gasteiger charge is -2.37. The van der Waals surface area contributed by atoms with Gasteiger partial charge in [0.25, 0.3) is 5.91 Å². The summed E-state index contributed by atoms with van der Waals surface area (Å²) in [4.78, 5) is 35.4. The van der Waals surface area contributed by atoms with Crippen molar-refractivity contribution in [2.75, 3.05) is 64.4 Å². The third-order valence-corrected chi connectivity index (χ3v) is 9.26. The summed E-state index contributed by atoms with van der Waals surface area (Å²) in [5.41, 5.74) is 2.47. The molecule has 1 amide bonds. The lowest BCUT2D eigenvalue weighted by molar-refractivity contribution is -0.0375. The topological polar surface area (TPSA) is 96.4 Å². The van der Waals surface area contributed by atoms with Crippen LogP contribution in [0.1, 0.15) is 55.2 Å². The van der Waals surface area contributed by atoms with Crippen LogP contribution in [0.15, 0.2) is 43.0 Å². The summed E-state index contributed by atoms with van der Waals surface area (Å²) in [6, 6.07) is 5.97. The van der Waals surface area contributed by atoms with Crippen molar-refractivity contribution in [3.8, 4) is 17.2 Å². The van der Waals surface area contributed by atoms with Crippen LogP contribution in [0.3, 0.4) is 0 Å². The largest absolute Gasteiger partial charge is 0.490 e. The molecular weight excluding hydrogens is 601 g/mol. The molecule has 0 spiro atoms. The molecule has 0 saturated carbocycles. The number of likely N-dealkylation sites (N-methyl/N-ethyl adjacent to an activating group) is 1. The lowest BCUT2D eigenvalue weighted by atomic mass is 10.0. The average molecular weight is 648 g/mol. The Morgan fingerprint density at radius 2 is 1.94 bits per heavy atom. The van der Waals surface area contributed by atoms with Crippen LogP contribution < -0.4 is 14.4 Å². The monoisotopic (exact) mass is 647 g/mol. The number of morpholine rings is 1. The minimum absolute atomic E-state index is 0.0437. The molecule has 1 atom stereocenters. The van der Waals surface area contributed by atoms with E-state index in [0.29, 0.717) is 31.2 Å². The third kappa shape index (κ3) is 7.82. The molecule has 5 heterocycles. The van der Waals surface area contributed by atoms with Gasteiger partial charge < -0.3 is 28.9 Å². The molecule has 0 bridgehead atoms. The molecule has 2 aromatic heterocycles. The lowest BCUT2D eigenvalue weighted by Crippen LogP contribution is -2.47. The summed E-state index contributed by atoms with van der Waals surface area (Å²) in [6.45, 7) is 13.1. The first-order valence-corrected chi connectivity index (χ1v) is 16.8. The van der Waals surface area contributed by atoms with Crippen LogP contribution in [0.25, 0.3) is 0 Å². The van der Waals surface area contributed by atoms with Crippen molar-refractivity contribution in [3.63, 3.8) is 0 Å². The number of hydrogen-bond donors (Lipinski definition) is 0. The van der Waals surface area contributed by atoms with Crippen LogP contribution in [0.5, 0.6) is 17.2 Å². The number of carbonyl (C=O) groups excluding carboxylic acids is 1. The number of amides is 1. The van der Waals surface area contributed by atoms with Crippen molar-refractivity contribution in [2.24, 2.45) is 0 Å². The molecule has 11 nitrogen and oxygen atoms in total. The Balaban J connectivity index is 1.11. The van der Waals surface area contributed by atoms with Gasteiger partial charge in [-0.05, 0) is 52.1 Å². The quantitative estimate of drug-likeness (QED) is 0.315. The van der Waals surface area contributed by atoms with Crippen LogP contribution in [-0.2, 0) is 17.7 Å². The zero-order valence-corrected chi connectivity index (χ0v) is 27.9. The number of aromatic nitrogens is 3. The van der Waals surface area contributed by atoms with E-state index in [1.807, 2.05) is 33.0 Å². The van der Waals surface area contributed by atoms with Crippen molar-refractivity contribution in [3.05, 3.63) is 65.6 Å². The number of hydrogen-bond acceptors (Lipinski definition) is 10. The molecule has 0 radical (unpaired) electrons. The maximum Gasteiger partial charge on any atom is 0.257 e. The van der Waals surface area contributed by atoms with E-state index in [1.54, 1.807) is 11.1 Å². The van der Waals surface area contributed by atoms with Gasteiger partial charge in [-0.25, -0.2) is 14.4 Å². The normalized spacial score (nSPS) is 19.4. The average Bonchev–Trinajstić information content (AvgIpc) is 3.06. The summed E-state index contributed by atoms with van der Waals surface area (Å²) in [5, 5.41) is 0. The first kappa shape index (κ1) is 33.0. The maximum atomic E-state index is 14.3. The van der Waals surface area contributed by atoms with Gasteiger partial charge in [-0.3, -0.25) is 14.7 Å². The van der Waals surface area contributed by atoms with E-state index in [0.717, 1.165) is 70.0 Å². The van der Waals surface area contributed by atoms with Crippen LogP contribution >= 0.6 is 0 Å². The van der Waals surface area contributed by atoms with Gasteiger partial charge in [-0.2, -0.15) is 0 Å². The Hall–Kier alpha value is -3.87. The Morgan fingerprint density at radius 3 is 2.70 bits per heavy atom. The molecule has 3 aromatic rings. The SMILES string of the molecule is CCN(C(=O)c1cc(F)ccc1Oc1cncnc1N1CCC(Oc2ccnc3c2CN(C[C@H]2CN(C)CCO2)CC3)CC1)C(C)C. The van der Waals surface area contributed by atoms with Crippen LogP contribution in [0, 0.1) is 5.82 Å². The Bertz CT molecular complexity index is 1530. The second-order valence-electron chi connectivity index (χ2n) is 12.9. The van der Waals surface area contributed by atoms with Crippen LogP contribution in [0.2, 0.25) is 0 Å². The Labute approximate surface area is 276 Å². The number of fused-ring (bicyclic) bond motifs is 1. The molecule has 0 aliphatic carbocycles. The van der Waals surface area contributed by atoms with Crippen molar-refractivity contribution < 1.29 is 23.4 Å². The Morgan fingerprint density at radius 1 is 1.11 bits per heavy atom. The van der Waals surface area contributed by atoms with Crippen molar-refractivity contribution in [1.29, 1.82) is 0 Å². The van der Waals surface area contributed by atoms with Gasteiger partial charge >= 0.3 is 0 Å². The summed E-state index contributed by atoms with van der Waals surface area (Å²) < 4.78 is 33.3. The number of carbonyl (C=O) groups is 1. The molecule has 3 aliphatic heterocycles. The summed E-state index contributed by atoms with van der Waals surface area (Å²) >= 11 is 0. The number of nitrogens with zero attached hydrogens (tertiary/aromatic N) is 7. The molecule has 252 valence electrons. The third-order valence-electron chi connectivity index (χ3n) is 9.26. The minimum Gasteiger partial charge on any atom is -0.490 e. The zero-order valence-electron chi connectivity index (χ0n) is 27.9. The fourth-order valence-corrected chi connectivity index (χ4v) is 6.76. The van der Waals surface area contributed by atoms with Gasteiger partial charge in [0.05, 0.1) is 24.5 Å². The summed E-state index contributed by atoms with van der Waals surface area (Å²) in [5.74, 6) is 1.44. The van der Waals surface area contributed by atoms with E-state index in [1.165, 1.54) is 30.1 Å². The molecule has 2 saturated heterocycles. The molecule has 3 aliphatic rings. The Kier molecular flexibility index (Phi) is 10.5. The fourth-order valence-electron chi connectivity index (χ4n) is 6.76. The van der Waals surface area contributed by atoms with E-state index in [-0.39, 0.29) is 35.5 Å². The van der Waals surface area contributed by atoms with Gasteiger partial charge in [-0.15, -0.1) is 0 Å². The summed E-state index contributed by atoms with van der Waals surface area (Å²) in [6.07, 6.45) is 7.71. The van der Waals surface area contributed by atoms with Gasteiger partial charge in [-0.1, -0.05) is 0 Å². The van der Waals surface area contributed by atoms with E-state index < -0.39 is 5.82 Å². The molecule has 6 rings (SSSR count). The number of piperidine rings is 1. The first-order chi connectivity index (χ1) is 22.8. The molecule has 0 unspecified atom stereocenters. The highest BCUT2D eigenvalue weighted by molar-refractivity contribution is 5.97. The van der Waals surface area contributed by atoms with E-state index in [9.17, 15) is 9.18 Å². The molecule has 47 heavy (non-hydrogen) atoms. The van der Waals surface area contributed by atoms with Gasteiger partial charge in [0.1, 0.15) is 29.7 Å². The predicted molar refractivity (Wildman–Crippen MR) is 177 cm³/mol. The van der Waals surface area contributed by atoms with Crippen molar-refractivity contribution in [1.82, 2.24) is 29.7 Å². The fraction of sp³-hybridized carbons (Fsp3) is 0.543. The highest BCUT2D eigenvalue weighted by Gasteiger charge is 2.29. The molecular formula is C35H46FN7O4. The number of rotatable bonds is 10. The van der Waals surface area contributed by atoms with Crippen molar-refractivity contribution >= 4 is 11.7 Å². The molecule has 1 aromatic carbocycles. The standard InChI is InChI=1S/C35H46FN7O4/c1-5-43(24(2)3)35(44)28-18-25(36)6-7-31(28)47-33-19-37-23-39-34(33)42-14-9-26(10-15-42)46-32-8-12-38-30-11-13-41(22-29(30)32)21-27-20-40(4)16-17-45-27/h6-8,12,18-19,23-24,26-27H,5,9-11,13-17,20-22H2,1-4H3/t27-/m1/s1.